The van der Waals surface area contributed by atoms with Gasteiger partial charge < -0.3 is 9.47 Å². The van der Waals surface area contributed by atoms with E-state index in [9.17, 15) is 0 Å². The molecule has 2 rings (SSSR count). The van der Waals surface area contributed by atoms with Gasteiger partial charge in [-0.15, -0.1) is 0 Å². The molecule has 0 N–H and O–H groups in total. The molecule has 78 valence electrons. The van der Waals surface area contributed by atoms with E-state index < -0.39 is 5.79 Å². The molecule has 4 heteroatoms. The lowest BCUT2D eigenvalue weighted by atomic mass is 9.86. The van der Waals surface area contributed by atoms with E-state index in [1.807, 2.05) is 12.1 Å². The van der Waals surface area contributed by atoms with Gasteiger partial charge in [-0.25, -0.2) is 0 Å². The molecule has 0 atom stereocenters. The van der Waals surface area contributed by atoms with Gasteiger partial charge in [0.05, 0.1) is 13.2 Å². The minimum absolute atomic E-state index is 0.164. The topological polar surface area (TPSA) is 66.0 Å². The lowest BCUT2D eigenvalue weighted by molar-refractivity contribution is -0.140. The average Bonchev–Trinajstić information content (AvgIpc) is 2.72. The molecule has 0 unspecified atom stereocenters. The Bertz CT molecular complexity index is 351. The zero-order chi connectivity index (χ0) is 10.7. The highest BCUT2D eigenvalue weighted by Crippen LogP contribution is 2.41. The SMILES string of the molecule is N#CC(C#N)=C1CCCCC12OCCO2. The molecule has 0 aromatic heterocycles. The number of rotatable bonds is 0. The van der Waals surface area contributed by atoms with Crippen molar-refractivity contribution in [2.45, 2.75) is 31.5 Å². The molecule has 0 aromatic rings. The summed E-state index contributed by atoms with van der Waals surface area (Å²) in [6.07, 6.45) is 3.51. The van der Waals surface area contributed by atoms with Crippen molar-refractivity contribution in [1.29, 1.82) is 10.5 Å². The van der Waals surface area contributed by atoms with Gasteiger partial charge in [-0.05, 0) is 19.3 Å². The Morgan fingerprint density at radius 3 is 2.40 bits per heavy atom. The van der Waals surface area contributed by atoms with Crippen LogP contribution in [0.1, 0.15) is 25.7 Å². The number of nitriles is 2. The molecule has 1 heterocycles. The van der Waals surface area contributed by atoms with Crippen molar-refractivity contribution in [3.05, 3.63) is 11.1 Å². The van der Waals surface area contributed by atoms with E-state index in [0.29, 0.717) is 13.2 Å². The summed E-state index contributed by atoms with van der Waals surface area (Å²) < 4.78 is 11.2. The van der Waals surface area contributed by atoms with Crippen molar-refractivity contribution < 1.29 is 9.47 Å². The fraction of sp³-hybridized carbons (Fsp3) is 0.636. The molecule has 15 heavy (non-hydrogen) atoms. The van der Waals surface area contributed by atoms with Gasteiger partial charge in [0.15, 0.2) is 5.79 Å². The quantitative estimate of drug-likeness (QED) is 0.563. The Kier molecular flexibility index (Phi) is 2.73. The third-order valence-electron chi connectivity index (χ3n) is 2.92. The summed E-state index contributed by atoms with van der Waals surface area (Å²) in [6.45, 7) is 1.10. The Balaban J connectivity index is 2.40. The lowest BCUT2D eigenvalue weighted by Crippen LogP contribution is -2.36. The van der Waals surface area contributed by atoms with Crippen LogP contribution in [0.5, 0.6) is 0 Å². The fourth-order valence-electron chi connectivity index (χ4n) is 2.25. The summed E-state index contributed by atoms with van der Waals surface area (Å²) in [6, 6.07) is 3.86. The van der Waals surface area contributed by atoms with E-state index in [4.69, 9.17) is 20.0 Å². The van der Waals surface area contributed by atoms with Crippen molar-refractivity contribution in [2.24, 2.45) is 0 Å². The molecule has 1 spiro atoms. The van der Waals surface area contributed by atoms with Crippen molar-refractivity contribution >= 4 is 0 Å². The van der Waals surface area contributed by atoms with Gasteiger partial charge in [0, 0.05) is 12.0 Å². The second-order valence-electron chi connectivity index (χ2n) is 3.73. The van der Waals surface area contributed by atoms with Crippen molar-refractivity contribution in [3.63, 3.8) is 0 Å². The number of hydrogen-bond donors (Lipinski definition) is 0. The zero-order valence-corrected chi connectivity index (χ0v) is 8.45. The van der Waals surface area contributed by atoms with E-state index in [1.165, 1.54) is 0 Å². The van der Waals surface area contributed by atoms with Crippen LogP contribution in [0, 0.1) is 22.7 Å². The summed E-state index contributed by atoms with van der Waals surface area (Å²) in [5.74, 6) is -0.751. The van der Waals surface area contributed by atoms with Gasteiger partial charge in [-0.1, -0.05) is 0 Å². The van der Waals surface area contributed by atoms with Crippen LogP contribution in [0.25, 0.3) is 0 Å². The number of hydrogen-bond acceptors (Lipinski definition) is 4. The Labute approximate surface area is 88.7 Å². The van der Waals surface area contributed by atoms with Gasteiger partial charge in [-0.3, -0.25) is 0 Å². The molecule has 1 saturated carbocycles. The first-order chi connectivity index (χ1) is 7.32. The second kappa shape index (κ2) is 4.02. The third-order valence-corrected chi connectivity index (χ3v) is 2.92. The van der Waals surface area contributed by atoms with Crippen molar-refractivity contribution in [1.82, 2.24) is 0 Å². The minimum atomic E-state index is -0.751. The van der Waals surface area contributed by atoms with Crippen LogP contribution in [0.4, 0.5) is 0 Å². The maximum atomic E-state index is 8.88. The molecule has 4 nitrogen and oxygen atoms in total. The van der Waals surface area contributed by atoms with Gasteiger partial charge in [0.25, 0.3) is 0 Å². The second-order valence-corrected chi connectivity index (χ2v) is 3.73. The van der Waals surface area contributed by atoms with Crippen LogP contribution in [0.2, 0.25) is 0 Å². The molecule has 1 aliphatic carbocycles. The molecule has 1 aliphatic heterocycles. The maximum Gasteiger partial charge on any atom is 0.193 e. The van der Waals surface area contributed by atoms with Crippen molar-refractivity contribution in [2.75, 3.05) is 13.2 Å². The first-order valence-electron chi connectivity index (χ1n) is 5.14. The smallest absolute Gasteiger partial charge is 0.193 e. The first-order valence-corrected chi connectivity index (χ1v) is 5.14. The standard InChI is InChI=1S/C11H12N2O2/c12-7-9(8-13)10-3-1-2-4-11(10)14-5-6-15-11/h1-6H2. The Morgan fingerprint density at radius 1 is 1.13 bits per heavy atom. The fourth-order valence-corrected chi connectivity index (χ4v) is 2.25. The molecular weight excluding hydrogens is 192 g/mol. The van der Waals surface area contributed by atoms with Crippen LogP contribution in [0.3, 0.4) is 0 Å². The first kappa shape index (κ1) is 10.2. The number of nitrogens with zero attached hydrogens (tertiary/aromatic N) is 2. The normalized spacial score (nSPS) is 23.5. The van der Waals surface area contributed by atoms with E-state index in [-0.39, 0.29) is 5.57 Å². The maximum absolute atomic E-state index is 8.88. The summed E-state index contributed by atoms with van der Waals surface area (Å²) in [7, 11) is 0. The van der Waals surface area contributed by atoms with Gasteiger partial charge >= 0.3 is 0 Å². The zero-order valence-electron chi connectivity index (χ0n) is 8.45. The lowest BCUT2D eigenvalue weighted by Gasteiger charge is -2.34. The molecule has 0 aromatic carbocycles. The molecule has 1 saturated heterocycles. The largest absolute Gasteiger partial charge is 0.344 e. The van der Waals surface area contributed by atoms with Gasteiger partial charge in [-0.2, -0.15) is 10.5 Å². The van der Waals surface area contributed by atoms with Crippen LogP contribution in [-0.4, -0.2) is 19.0 Å². The monoisotopic (exact) mass is 204 g/mol. The van der Waals surface area contributed by atoms with E-state index in [1.54, 1.807) is 0 Å². The molecule has 0 amide bonds. The van der Waals surface area contributed by atoms with Crippen LogP contribution < -0.4 is 0 Å². The molecule has 2 aliphatic rings. The predicted molar refractivity (Wildman–Crippen MR) is 51.4 cm³/mol. The van der Waals surface area contributed by atoms with Gasteiger partial charge in [0.2, 0.25) is 0 Å². The minimum Gasteiger partial charge on any atom is -0.344 e. The Morgan fingerprint density at radius 2 is 1.80 bits per heavy atom. The molecule has 0 bridgehead atoms. The van der Waals surface area contributed by atoms with Crippen LogP contribution >= 0.6 is 0 Å². The highest BCUT2D eigenvalue weighted by molar-refractivity contribution is 5.43. The van der Waals surface area contributed by atoms with Crippen LogP contribution in [-0.2, 0) is 9.47 Å². The van der Waals surface area contributed by atoms with Gasteiger partial charge in [0.1, 0.15) is 17.7 Å². The Hall–Kier alpha value is -1.36. The highest BCUT2D eigenvalue weighted by Gasteiger charge is 2.43. The average molecular weight is 204 g/mol. The molecular formula is C11H12N2O2. The third kappa shape index (κ3) is 1.63. The van der Waals surface area contributed by atoms with E-state index >= 15 is 0 Å². The summed E-state index contributed by atoms with van der Waals surface area (Å²) in [5, 5.41) is 17.8. The molecule has 0 radical (unpaired) electrons. The predicted octanol–water partition coefficient (Wildman–Crippen LogP) is 1.65. The summed E-state index contributed by atoms with van der Waals surface area (Å²) in [4.78, 5) is 0. The van der Waals surface area contributed by atoms with Crippen molar-refractivity contribution in [3.8, 4) is 12.1 Å². The van der Waals surface area contributed by atoms with Crippen LogP contribution in [0.15, 0.2) is 11.1 Å². The molecule has 2 fully saturated rings. The van der Waals surface area contributed by atoms with E-state index in [2.05, 4.69) is 0 Å². The summed E-state index contributed by atoms with van der Waals surface area (Å²) >= 11 is 0. The number of allylic oxidation sites excluding steroid dienone is 1. The highest BCUT2D eigenvalue weighted by atomic mass is 16.7. The number of ether oxygens (including phenoxy) is 2. The van der Waals surface area contributed by atoms with E-state index in [0.717, 1.165) is 31.3 Å². The summed E-state index contributed by atoms with van der Waals surface area (Å²) in [5.41, 5.74) is 0.910.